The van der Waals surface area contributed by atoms with Crippen LogP contribution in [0, 0.1) is 0 Å². The smallest absolute Gasteiger partial charge is 0.334 e. The van der Waals surface area contributed by atoms with Crippen molar-refractivity contribution in [3.05, 3.63) is 35.7 Å². The number of rotatable bonds is 2. The van der Waals surface area contributed by atoms with Gasteiger partial charge in [0.05, 0.1) is 5.56 Å². The Kier molecular flexibility index (Phi) is 3.21. The molecule has 0 aliphatic carbocycles. The molecule has 3 rings (SSSR count). The number of nitrogens with zero attached hydrogens (tertiary/aromatic N) is 2. The summed E-state index contributed by atoms with van der Waals surface area (Å²) in [5.41, 5.74) is -0.443. The molecule has 1 aliphatic heterocycles. The lowest BCUT2D eigenvalue weighted by Crippen LogP contribution is -2.08. The SMILES string of the molecule is FC(F)(F)c1cccc(-c2nc(C3CCNC3)no2)c1. The van der Waals surface area contributed by atoms with Gasteiger partial charge in [-0.1, -0.05) is 11.2 Å². The summed E-state index contributed by atoms with van der Waals surface area (Å²) in [4.78, 5) is 4.20. The van der Waals surface area contributed by atoms with Crippen LogP contribution in [0.15, 0.2) is 28.8 Å². The fraction of sp³-hybridized carbons (Fsp3) is 0.385. The second kappa shape index (κ2) is 4.90. The van der Waals surface area contributed by atoms with Gasteiger partial charge >= 0.3 is 6.18 Å². The minimum atomic E-state index is -4.38. The van der Waals surface area contributed by atoms with E-state index in [0.717, 1.165) is 31.6 Å². The molecule has 1 aliphatic rings. The van der Waals surface area contributed by atoms with Gasteiger partial charge in [-0.05, 0) is 31.2 Å². The molecular formula is C13H12F3N3O. The third kappa shape index (κ3) is 2.53. The van der Waals surface area contributed by atoms with Crippen LogP contribution in [0.2, 0.25) is 0 Å². The number of hydrogen-bond donors (Lipinski definition) is 1. The molecule has 0 bridgehead atoms. The van der Waals surface area contributed by atoms with Crippen LogP contribution in [-0.4, -0.2) is 23.2 Å². The highest BCUT2D eigenvalue weighted by atomic mass is 19.4. The van der Waals surface area contributed by atoms with Crippen molar-refractivity contribution in [1.82, 2.24) is 15.5 Å². The zero-order chi connectivity index (χ0) is 14.2. The van der Waals surface area contributed by atoms with E-state index in [4.69, 9.17) is 4.52 Å². The van der Waals surface area contributed by atoms with Crippen molar-refractivity contribution in [1.29, 1.82) is 0 Å². The average Bonchev–Trinajstić information content (AvgIpc) is 3.09. The van der Waals surface area contributed by atoms with Crippen molar-refractivity contribution in [2.45, 2.75) is 18.5 Å². The molecule has 2 heterocycles. The molecule has 1 atom stereocenters. The Bertz CT molecular complexity index is 603. The van der Waals surface area contributed by atoms with Crippen molar-refractivity contribution in [3.8, 4) is 11.5 Å². The van der Waals surface area contributed by atoms with Crippen LogP contribution < -0.4 is 5.32 Å². The van der Waals surface area contributed by atoms with E-state index in [1.807, 2.05) is 0 Å². The van der Waals surface area contributed by atoms with E-state index < -0.39 is 11.7 Å². The molecule has 0 radical (unpaired) electrons. The third-order valence-corrected chi connectivity index (χ3v) is 3.30. The number of halogens is 3. The van der Waals surface area contributed by atoms with Gasteiger partial charge in [0.15, 0.2) is 5.82 Å². The van der Waals surface area contributed by atoms with Crippen molar-refractivity contribution in [2.24, 2.45) is 0 Å². The van der Waals surface area contributed by atoms with Gasteiger partial charge in [0.1, 0.15) is 0 Å². The van der Waals surface area contributed by atoms with Crippen molar-refractivity contribution >= 4 is 0 Å². The fourth-order valence-electron chi connectivity index (χ4n) is 2.22. The van der Waals surface area contributed by atoms with Crippen LogP contribution in [-0.2, 0) is 6.18 Å². The molecule has 1 aromatic heterocycles. The molecule has 7 heteroatoms. The van der Waals surface area contributed by atoms with Gasteiger partial charge in [-0.25, -0.2) is 0 Å². The predicted octanol–water partition coefficient (Wildman–Crippen LogP) is 2.83. The van der Waals surface area contributed by atoms with Crippen LogP contribution in [0.1, 0.15) is 23.7 Å². The van der Waals surface area contributed by atoms with Crippen LogP contribution >= 0.6 is 0 Å². The maximum absolute atomic E-state index is 12.7. The second-order valence-electron chi connectivity index (χ2n) is 4.73. The summed E-state index contributed by atoms with van der Waals surface area (Å²) in [6.07, 6.45) is -3.48. The summed E-state index contributed by atoms with van der Waals surface area (Å²) >= 11 is 0. The summed E-state index contributed by atoms with van der Waals surface area (Å²) < 4.78 is 43.1. The van der Waals surface area contributed by atoms with E-state index in [2.05, 4.69) is 15.5 Å². The summed E-state index contributed by atoms with van der Waals surface area (Å²) in [6.45, 7) is 1.65. The first kappa shape index (κ1) is 13.1. The molecule has 1 saturated heterocycles. The van der Waals surface area contributed by atoms with E-state index in [1.165, 1.54) is 12.1 Å². The number of hydrogen-bond acceptors (Lipinski definition) is 4. The Morgan fingerprint density at radius 3 is 2.85 bits per heavy atom. The molecule has 1 aromatic carbocycles. The lowest BCUT2D eigenvalue weighted by atomic mass is 10.1. The van der Waals surface area contributed by atoms with Gasteiger partial charge in [-0.15, -0.1) is 0 Å². The molecule has 0 spiro atoms. The van der Waals surface area contributed by atoms with Gasteiger partial charge < -0.3 is 9.84 Å². The number of benzene rings is 1. The minimum Gasteiger partial charge on any atom is -0.334 e. The van der Waals surface area contributed by atoms with Crippen LogP contribution in [0.5, 0.6) is 0 Å². The Balaban J connectivity index is 1.89. The van der Waals surface area contributed by atoms with E-state index >= 15 is 0 Å². The number of alkyl halides is 3. The first-order valence-corrected chi connectivity index (χ1v) is 6.26. The predicted molar refractivity (Wildman–Crippen MR) is 65.0 cm³/mol. The summed E-state index contributed by atoms with van der Waals surface area (Å²) in [5, 5.41) is 7.04. The largest absolute Gasteiger partial charge is 0.416 e. The van der Waals surface area contributed by atoms with E-state index in [-0.39, 0.29) is 17.4 Å². The molecular weight excluding hydrogens is 271 g/mol. The molecule has 0 amide bonds. The topological polar surface area (TPSA) is 51.0 Å². The molecule has 1 unspecified atom stereocenters. The Hall–Kier alpha value is -1.89. The zero-order valence-corrected chi connectivity index (χ0v) is 10.4. The molecule has 4 nitrogen and oxygen atoms in total. The zero-order valence-electron chi connectivity index (χ0n) is 10.4. The normalized spacial score (nSPS) is 19.4. The molecule has 0 saturated carbocycles. The minimum absolute atomic E-state index is 0.123. The molecule has 106 valence electrons. The standard InChI is InChI=1S/C13H12F3N3O/c14-13(15,16)10-3-1-2-8(6-10)12-18-11(19-20-12)9-4-5-17-7-9/h1-3,6,9,17H,4-5,7H2. The first-order valence-electron chi connectivity index (χ1n) is 6.26. The van der Waals surface area contributed by atoms with Crippen LogP contribution in [0.25, 0.3) is 11.5 Å². The van der Waals surface area contributed by atoms with Gasteiger partial charge in [-0.3, -0.25) is 0 Å². The summed E-state index contributed by atoms with van der Waals surface area (Å²) in [5.74, 6) is 0.832. The van der Waals surface area contributed by atoms with Gasteiger partial charge in [0.2, 0.25) is 0 Å². The van der Waals surface area contributed by atoms with Gasteiger partial charge in [0.25, 0.3) is 5.89 Å². The first-order chi connectivity index (χ1) is 9.54. The quantitative estimate of drug-likeness (QED) is 0.920. The van der Waals surface area contributed by atoms with Crippen LogP contribution in [0.3, 0.4) is 0 Å². The van der Waals surface area contributed by atoms with Crippen LogP contribution in [0.4, 0.5) is 13.2 Å². The molecule has 1 fully saturated rings. The fourth-order valence-corrected chi connectivity index (χ4v) is 2.22. The summed E-state index contributed by atoms with van der Waals surface area (Å²) in [7, 11) is 0. The Morgan fingerprint density at radius 1 is 1.30 bits per heavy atom. The summed E-state index contributed by atoms with van der Waals surface area (Å²) in [6, 6.07) is 4.89. The highest BCUT2D eigenvalue weighted by Crippen LogP contribution is 2.32. The average molecular weight is 283 g/mol. The van der Waals surface area contributed by atoms with Crippen molar-refractivity contribution in [3.63, 3.8) is 0 Å². The van der Waals surface area contributed by atoms with E-state index in [9.17, 15) is 13.2 Å². The monoisotopic (exact) mass is 283 g/mol. The number of aromatic nitrogens is 2. The molecule has 1 N–H and O–H groups in total. The maximum Gasteiger partial charge on any atom is 0.416 e. The van der Waals surface area contributed by atoms with E-state index in [0.29, 0.717) is 5.82 Å². The van der Waals surface area contributed by atoms with Gasteiger partial charge in [0, 0.05) is 18.0 Å². The molecule has 20 heavy (non-hydrogen) atoms. The Morgan fingerprint density at radius 2 is 2.15 bits per heavy atom. The lowest BCUT2D eigenvalue weighted by molar-refractivity contribution is -0.137. The highest BCUT2D eigenvalue weighted by molar-refractivity contribution is 5.54. The lowest BCUT2D eigenvalue weighted by Gasteiger charge is -2.06. The maximum atomic E-state index is 12.7. The van der Waals surface area contributed by atoms with Crippen molar-refractivity contribution < 1.29 is 17.7 Å². The third-order valence-electron chi connectivity index (χ3n) is 3.30. The van der Waals surface area contributed by atoms with E-state index in [1.54, 1.807) is 0 Å². The highest BCUT2D eigenvalue weighted by Gasteiger charge is 2.31. The molecule has 2 aromatic rings. The van der Waals surface area contributed by atoms with Gasteiger partial charge in [-0.2, -0.15) is 18.2 Å². The van der Waals surface area contributed by atoms with Crippen molar-refractivity contribution in [2.75, 3.05) is 13.1 Å². The number of nitrogens with one attached hydrogen (secondary N) is 1. The second-order valence-corrected chi connectivity index (χ2v) is 4.73. The Labute approximate surface area is 113 Å².